The summed E-state index contributed by atoms with van der Waals surface area (Å²) in [6, 6.07) is 2.79. The number of carboxylic acid groups (broad SMARTS) is 1. The molecule has 0 bridgehead atoms. The molecule has 4 rings (SSSR count). The van der Waals surface area contributed by atoms with Crippen molar-refractivity contribution in [1.29, 1.82) is 0 Å². The van der Waals surface area contributed by atoms with E-state index < -0.39 is 33.4 Å². The molecule has 0 amide bonds. The number of halogens is 4. The van der Waals surface area contributed by atoms with E-state index in [2.05, 4.69) is 4.98 Å². The van der Waals surface area contributed by atoms with Gasteiger partial charge in [-0.2, -0.15) is 13.2 Å². The van der Waals surface area contributed by atoms with E-state index in [-0.39, 0.29) is 23.7 Å². The molecule has 1 aliphatic carbocycles. The van der Waals surface area contributed by atoms with Gasteiger partial charge in [0.25, 0.3) is 0 Å². The third-order valence-corrected chi connectivity index (χ3v) is 7.57. The molecule has 3 fully saturated rings. The topological polar surface area (TPSA) is 106 Å². The van der Waals surface area contributed by atoms with Crippen LogP contribution in [0.5, 0.6) is 5.88 Å². The number of fused-ring (bicyclic) bond motifs is 1. The summed E-state index contributed by atoms with van der Waals surface area (Å²) in [4.78, 5) is 12.8. The number of ether oxygens (including phenoxy) is 2. The van der Waals surface area contributed by atoms with Crippen LogP contribution < -0.4 is 4.74 Å². The van der Waals surface area contributed by atoms with E-state index in [1.165, 1.54) is 18.3 Å². The average molecular weight is 456 g/mol. The average Bonchev–Trinajstić information content (AvgIpc) is 3.35. The number of pyridine rings is 1. The number of aromatic nitrogens is 1. The van der Waals surface area contributed by atoms with Crippen LogP contribution in [0.3, 0.4) is 0 Å². The normalized spacial score (nSPS) is 26.6. The highest BCUT2D eigenvalue weighted by Crippen LogP contribution is 2.45. The van der Waals surface area contributed by atoms with Gasteiger partial charge in [0.1, 0.15) is 0 Å². The number of carbonyl (C=O) groups is 1. The lowest BCUT2D eigenvalue weighted by molar-refractivity contribution is -0.192. The Bertz CT molecular complexity index is 892. The summed E-state index contributed by atoms with van der Waals surface area (Å²) in [5, 5.41) is 6.91. The highest BCUT2D eigenvalue weighted by Gasteiger charge is 2.56. The van der Waals surface area contributed by atoms with Gasteiger partial charge in [0, 0.05) is 30.6 Å². The van der Waals surface area contributed by atoms with E-state index in [4.69, 9.17) is 19.4 Å². The molecule has 168 valence electrons. The molecule has 1 aromatic rings. The van der Waals surface area contributed by atoms with Crippen LogP contribution in [-0.4, -0.2) is 73.1 Å². The van der Waals surface area contributed by atoms with Gasteiger partial charge in [-0.25, -0.2) is 26.9 Å². The van der Waals surface area contributed by atoms with Gasteiger partial charge in [-0.05, 0) is 25.0 Å². The van der Waals surface area contributed by atoms with E-state index in [1.807, 2.05) is 0 Å². The third-order valence-electron chi connectivity index (χ3n) is 5.26. The molecule has 0 unspecified atom stereocenters. The number of hydrogen-bond acceptors (Lipinski definition) is 6. The third kappa shape index (κ3) is 4.83. The zero-order chi connectivity index (χ0) is 22.2. The van der Waals surface area contributed by atoms with Crippen LogP contribution in [0.15, 0.2) is 18.3 Å². The Balaban J connectivity index is 0.000000318. The molecular weight excluding hydrogens is 436 g/mol. The van der Waals surface area contributed by atoms with Crippen molar-refractivity contribution < 1.29 is 45.4 Å². The maximum atomic E-state index is 13.7. The van der Waals surface area contributed by atoms with Crippen LogP contribution in [0.4, 0.5) is 17.6 Å². The molecule has 1 saturated carbocycles. The van der Waals surface area contributed by atoms with Crippen LogP contribution in [0.2, 0.25) is 0 Å². The molecule has 8 nitrogen and oxygen atoms in total. The van der Waals surface area contributed by atoms with Crippen molar-refractivity contribution in [2.24, 2.45) is 11.3 Å². The van der Waals surface area contributed by atoms with Crippen molar-refractivity contribution in [3.05, 3.63) is 24.1 Å². The number of aliphatic carboxylic acids is 1. The fourth-order valence-electron chi connectivity index (χ4n) is 3.45. The maximum Gasteiger partial charge on any atom is 0.490 e. The zero-order valence-electron chi connectivity index (χ0n) is 15.6. The highest BCUT2D eigenvalue weighted by atomic mass is 32.2. The molecule has 1 N–H and O–H groups in total. The molecule has 1 aromatic heterocycles. The summed E-state index contributed by atoms with van der Waals surface area (Å²) < 4.78 is 83.0. The Morgan fingerprint density at radius 2 is 2.07 bits per heavy atom. The fourth-order valence-corrected chi connectivity index (χ4v) is 5.43. The summed E-state index contributed by atoms with van der Waals surface area (Å²) in [5.41, 5.74) is -0.411. The lowest BCUT2D eigenvalue weighted by Crippen LogP contribution is -2.39. The van der Waals surface area contributed by atoms with E-state index in [0.717, 1.165) is 12.8 Å². The van der Waals surface area contributed by atoms with Crippen molar-refractivity contribution in [2.45, 2.75) is 24.3 Å². The minimum absolute atomic E-state index is 0.0453. The van der Waals surface area contributed by atoms with Crippen molar-refractivity contribution in [3.8, 4) is 5.88 Å². The predicted octanol–water partition coefficient (Wildman–Crippen LogP) is 1.67. The minimum Gasteiger partial charge on any atom is -0.475 e. The second-order valence-corrected chi connectivity index (χ2v) is 9.71. The number of hydrogen-bond donors (Lipinski definition) is 1. The van der Waals surface area contributed by atoms with Crippen LogP contribution in [0.1, 0.15) is 12.8 Å². The molecule has 2 atom stereocenters. The molecule has 13 heteroatoms. The molecular formula is C17H20F4N2O6S. The first kappa shape index (κ1) is 22.7. The Morgan fingerprint density at radius 3 is 2.63 bits per heavy atom. The first-order chi connectivity index (χ1) is 14.0. The standard InChI is InChI=1S/C15H19FN2O4S.C2HF3O2/c16-13-2-1-5-17-14(13)22-10-15-8-18(6-11(15)7-21-9-15)23(19,20)12-3-4-12;3-2(4,5)1(6)7/h1-2,5,11-12H,3-4,6-10H2;(H,6,7)/t11-,15+;/m1./s1. The van der Waals surface area contributed by atoms with Gasteiger partial charge in [0.2, 0.25) is 15.9 Å². The van der Waals surface area contributed by atoms with Crippen molar-refractivity contribution in [1.82, 2.24) is 9.29 Å². The van der Waals surface area contributed by atoms with Gasteiger partial charge in [-0.15, -0.1) is 0 Å². The SMILES string of the molecule is O=C(O)C(F)(F)F.O=S(=O)(C1CC1)N1C[C@@H]2COC[C@]2(COc2ncccc2F)C1. The molecule has 2 aliphatic heterocycles. The lowest BCUT2D eigenvalue weighted by atomic mass is 9.82. The predicted molar refractivity (Wildman–Crippen MR) is 93.6 cm³/mol. The molecule has 2 saturated heterocycles. The number of rotatable bonds is 5. The smallest absolute Gasteiger partial charge is 0.475 e. The van der Waals surface area contributed by atoms with E-state index in [1.54, 1.807) is 4.31 Å². The number of alkyl halides is 3. The molecule has 3 heterocycles. The highest BCUT2D eigenvalue weighted by molar-refractivity contribution is 7.90. The lowest BCUT2D eigenvalue weighted by Gasteiger charge is -2.26. The van der Waals surface area contributed by atoms with Gasteiger partial charge < -0.3 is 14.6 Å². The summed E-state index contributed by atoms with van der Waals surface area (Å²) in [5.74, 6) is -3.23. The Labute approximate surface area is 169 Å². The molecule has 0 aromatic carbocycles. The second-order valence-electron chi connectivity index (χ2n) is 7.49. The Kier molecular flexibility index (Phi) is 6.25. The van der Waals surface area contributed by atoms with Gasteiger partial charge in [-0.3, -0.25) is 0 Å². The summed E-state index contributed by atoms with van der Waals surface area (Å²) >= 11 is 0. The number of nitrogens with zero attached hydrogens (tertiary/aromatic N) is 2. The first-order valence-corrected chi connectivity index (χ1v) is 10.6. The summed E-state index contributed by atoms with van der Waals surface area (Å²) in [7, 11) is -3.20. The Morgan fingerprint density at radius 1 is 1.40 bits per heavy atom. The fraction of sp³-hybridized carbons (Fsp3) is 0.647. The largest absolute Gasteiger partial charge is 0.490 e. The molecule has 0 spiro atoms. The second kappa shape index (κ2) is 8.27. The van der Waals surface area contributed by atoms with Crippen molar-refractivity contribution in [3.63, 3.8) is 0 Å². The summed E-state index contributed by atoms with van der Waals surface area (Å²) in [6.45, 7) is 2.01. The molecule has 0 radical (unpaired) electrons. The van der Waals surface area contributed by atoms with Gasteiger partial charge in [0.15, 0.2) is 5.82 Å². The number of sulfonamides is 1. The van der Waals surface area contributed by atoms with Crippen LogP contribution >= 0.6 is 0 Å². The van der Waals surface area contributed by atoms with Crippen LogP contribution in [0, 0.1) is 17.2 Å². The number of carboxylic acids is 1. The van der Waals surface area contributed by atoms with Crippen LogP contribution in [0.25, 0.3) is 0 Å². The summed E-state index contributed by atoms with van der Waals surface area (Å²) in [6.07, 6.45) is -2.11. The quantitative estimate of drug-likeness (QED) is 0.672. The Hall–Kier alpha value is -1.99. The van der Waals surface area contributed by atoms with Crippen LogP contribution in [-0.2, 0) is 19.6 Å². The van der Waals surface area contributed by atoms with E-state index >= 15 is 0 Å². The van der Waals surface area contributed by atoms with E-state index in [0.29, 0.717) is 26.3 Å². The van der Waals surface area contributed by atoms with Crippen molar-refractivity contribution in [2.75, 3.05) is 32.9 Å². The maximum absolute atomic E-state index is 13.7. The van der Waals surface area contributed by atoms with Gasteiger partial charge >= 0.3 is 12.1 Å². The molecule has 3 aliphatic rings. The zero-order valence-corrected chi connectivity index (χ0v) is 16.5. The minimum atomic E-state index is -5.08. The van der Waals surface area contributed by atoms with Crippen molar-refractivity contribution >= 4 is 16.0 Å². The molecule has 30 heavy (non-hydrogen) atoms. The van der Waals surface area contributed by atoms with E-state index in [9.17, 15) is 26.0 Å². The first-order valence-electron chi connectivity index (χ1n) is 9.06. The monoisotopic (exact) mass is 456 g/mol. The van der Waals surface area contributed by atoms with Gasteiger partial charge in [0.05, 0.1) is 25.1 Å². The van der Waals surface area contributed by atoms with Gasteiger partial charge in [-0.1, -0.05) is 0 Å².